The zero-order chi connectivity index (χ0) is 16.0. The molecule has 0 aromatic rings. The molecular formula is C15H28N2O4. The second-order valence-corrected chi connectivity index (χ2v) is 6.35. The van der Waals surface area contributed by atoms with E-state index in [-0.39, 0.29) is 29.6 Å². The molecule has 1 rings (SSSR count). The first-order chi connectivity index (χ1) is 9.74. The first kappa shape index (κ1) is 17.8. The van der Waals surface area contributed by atoms with Crippen molar-refractivity contribution in [3.63, 3.8) is 0 Å². The van der Waals surface area contributed by atoms with Crippen molar-refractivity contribution in [1.29, 1.82) is 0 Å². The second kappa shape index (κ2) is 7.64. The van der Waals surface area contributed by atoms with Crippen LogP contribution < -0.4 is 10.6 Å². The lowest BCUT2D eigenvalue weighted by atomic mass is 9.95. The highest BCUT2D eigenvalue weighted by Crippen LogP contribution is 2.24. The van der Waals surface area contributed by atoms with Gasteiger partial charge in [0.2, 0.25) is 0 Å². The average molecular weight is 300 g/mol. The molecule has 122 valence electrons. The lowest BCUT2D eigenvalue weighted by Crippen LogP contribution is -2.55. The zero-order valence-electron chi connectivity index (χ0n) is 13.4. The highest BCUT2D eigenvalue weighted by molar-refractivity contribution is 5.75. The fourth-order valence-corrected chi connectivity index (χ4v) is 2.44. The molecule has 0 aromatic heterocycles. The SMILES string of the molecule is CC(CCCC(C)C(=O)O)NC(=O)NC1(C)CCOC1C. The number of carboxylic acid groups (broad SMARTS) is 1. The van der Waals surface area contributed by atoms with Crippen LogP contribution in [0.4, 0.5) is 4.79 Å². The summed E-state index contributed by atoms with van der Waals surface area (Å²) in [6.45, 7) is 8.26. The first-order valence-electron chi connectivity index (χ1n) is 7.67. The van der Waals surface area contributed by atoms with Gasteiger partial charge in [0.1, 0.15) is 0 Å². The Kier molecular flexibility index (Phi) is 6.45. The molecular weight excluding hydrogens is 272 g/mol. The van der Waals surface area contributed by atoms with E-state index in [0.29, 0.717) is 13.0 Å². The summed E-state index contributed by atoms with van der Waals surface area (Å²) in [6.07, 6.45) is 3.01. The van der Waals surface area contributed by atoms with Crippen LogP contribution in [0.1, 0.15) is 53.4 Å². The van der Waals surface area contributed by atoms with Gasteiger partial charge >= 0.3 is 12.0 Å². The molecule has 4 unspecified atom stereocenters. The fourth-order valence-electron chi connectivity index (χ4n) is 2.44. The van der Waals surface area contributed by atoms with Crippen LogP contribution in [0.2, 0.25) is 0 Å². The summed E-state index contributed by atoms with van der Waals surface area (Å²) in [5.41, 5.74) is -0.318. The van der Waals surface area contributed by atoms with Crippen LogP contribution >= 0.6 is 0 Å². The van der Waals surface area contributed by atoms with Crippen LogP contribution in [0.25, 0.3) is 0 Å². The minimum atomic E-state index is -0.767. The zero-order valence-corrected chi connectivity index (χ0v) is 13.4. The summed E-state index contributed by atoms with van der Waals surface area (Å²) in [5.74, 6) is -1.10. The number of carbonyl (C=O) groups is 2. The predicted octanol–water partition coefficient (Wildman–Crippen LogP) is 2.13. The number of aliphatic carboxylic acids is 1. The van der Waals surface area contributed by atoms with Crippen molar-refractivity contribution in [1.82, 2.24) is 10.6 Å². The van der Waals surface area contributed by atoms with Gasteiger partial charge in [-0.3, -0.25) is 4.79 Å². The number of hydrogen-bond donors (Lipinski definition) is 3. The Morgan fingerprint density at radius 3 is 2.57 bits per heavy atom. The number of carboxylic acids is 1. The van der Waals surface area contributed by atoms with Gasteiger partial charge in [0, 0.05) is 12.6 Å². The Labute approximate surface area is 126 Å². The number of hydrogen-bond acceptors (Lipinski definition) is 3. The molecule has 0 saturated carbocycles. The predicted molar refractivity (Wildman–Crippen MR) is 80.2 cm³/mol. The summed E-state index contributed by atoms with van der Waals surface area (Å²) in [5, 5.41) is 14.7. The van der Waals surface area contributed by atoms with E-state index in [4.69, 9.17) is 9.84 Å². The van der Waals surface area contributed by atoms with Crippen molar-refractivity contribution in [3.8, 4) is 0 Å². The van der Waals surface area contributed by atoms with E-state index in [9.17, 15) is 9.59 Å². The van der Waals surface area contributed by atoms with Gasteiger partial charge < -0.3 is 20.5 Å². The van der Waals surface area contributed by atoms with Crippen LogP contribution in [0, 0.1) is 5.92 Å². The molecule has 6 heteroatoms. The van der Waals surface area contributed by atoms with Gasteiger partial charge in [0.15, 0.2) is 0 Å². The number of carbonyl (C=O) groups excluding carboxylic acids is 1. The molecule has 4 atom stereocenters. The number of urea groups is 1. The molecule has 2 amide bonds. The van der Waals surface area contributed by atoms with Crippen LogP contribution in [0.15, 0.2) is 0 Å². The fraction of sp³-hybridized carbons (Fsp3) is 0.867. The molecule has 1 fully saturated rings. The third kappa shape index (κ3) is 5.53. The molecule has 0 aliphatic carbocycles. The Hall–Kier alpha value is -1.30. The number of ether oxygens (including phenoxy) is 1. The molecule has 1 saturated heterocycles. The Balaban J connectivity index is 2.26. The summed E-state index contributed by atoms with van der Waals surface area (Å²) in [4.78, 5) is 22.7. The molecule has 1 aliphatic heterocycles. The normalized spacial score (nSPS) is 27.9. The lowest BCUT2D eigenvalue weighted by Gasteiger charge is -2.29. The van der Waals surface area contributed by atoms with E-state index in [0.717, 1.165) is 19.3 Å². The van der Waals surface area contributed by atoms with Crippen molar-refractivity contribution in [2.24, 2.45) is 5.92 Å². The van der Waals surface area contributed by atoms with E-state index in [1.807, 2.05) is 20.8 Å². The smallest absolute Gasteiger partial charge is 0.315 e. The minimum Gasteiger partial charge on any atom is -0.481 e. The van der Waals surface area contributed by atoms with Gasteiger partial charge in [-0.2, -0.15) is 0 Å². The molecule has 1 heterocycles. The van der Waals surface area contributed by atoms with E-state index in [2.05, 4.69) is 10.6 Å². The largest absolute Gasteiger partial charge is 0.481 e. The first-order valence-corrected chi connectivity index (χ1v) is 7.67. The average Bonchev–Trinajstić information content (AvgIpc) is 2.68. The van der Waals surface area contributed by atoms with E-state index < -0.39 is 5.97 Å². The van der Waals surface area contributed by atoms with Crippen molar-refractivity contribution >= 4 is 12.0 Å². The van der Waals surface area contributed by atoms with Crippen molar-refractivity contribution in [2.45, 2.75) is 71.1 Å². The molecule has 0 radical (unpaired) electrons. The molecule has 0 spiro atoms. The maximum Gasteiger partial charge on any atom is 0.315 e. The molecule has 3 N–H and O–H groups in total. The van der Waals surface area contributed by atoms with Crippen LogP contribution in [0.3, 0.4) is 0 Å². The quantitative estimate of drug-likeness (QED) is 0.672. The molecule has 1 aliphatic rings. The third-order valence-corrected chi connectivity index (χ3v) is 4.36. The highest BCUT2D eigenvalue weighted by Gasteiger charge is 2.38. The van der Waals surface area contributed by atoms with Gasteiger partial charge in [-0.25, -0.2) is 4.79 Å². The van der Waals surface area contributed by atoms with E-state index in [1.54, 1.807) is 6.92 Å². The summed E-state index contributed by atoms with van der Waals surface area (Å²) in [7, 11) is 0. The molecule has 0 bridgehead atoms. The monoisotopic (exact) mass is 300 g/mol. The van der Waals surface area contributed by atoms with Crippen molar-refractivity contribution in [2.75, 3.05) is 6.61 Å². The van der Waals surface area contributed by atoms with Gasteiger partial charge in [0.05, 0.1) is 17.6 Å². The van der Waals surface area contributed by atoms with Crippen LogP contribution in [-0.2, 0) is 9.53 Å². The van der Waals surface area contributed by atoms with Gasteiger partial charge in [0.25, 0.3) is 0 Å². The third-order valence-electron chi connectivity index (χ3n) is 4.36. The molecule has 6 nitrogen and oxygen atoms in total. The van der Waals surface area contributed by atoms with E-state index in [1.165, 1.54) is 0 Å². The van der Waals surface area contributed by atoms with Gasteiger partial charge in [-0.1, -0.05) is 13.3 Å². The summed E-state index contributed by atoms with van der Waals surface area (Å²) >= 11 is 0. The molecule has 0 aromatic carbocycles. The van der Waals surface area contributed by atoms with E-state index >= 15 is 0 Å². The van der Waals surface area contributed by atoms with Gasteiger partial charge in [-0.15, -0.1) is 0 Å². The van der Waals surface area contributed by atoms with Crippen LogP contribution in [0.5, 0.6) is 0 Å². The second-order valence-electron chi connectivity index (χ2n) is 6.35. The number of nitrogens with one attached hydrogen (secondary N) is 2. The lowest BCUT2D eigenvalue weighted by molar-refractivity contribution is -0.141. The minimum absolute atomic E-state index is 0.00923. The standard InChI is InChI=1S/C15H28N2O4/c1-10(13(18)19)6-5-7-11(2)16-14(20)17-15(4)8-9-21-12(15)3/h10-12H,5-9H2,1-4H3,(H,18,19)(H2,16,17,20). The summed E-state index contributed by atoms with van der Waals surface area (Å²) < 4.78 is 5.49. The Morgan fingerprint density at radius 1 is 1.38 bits per heavy atom. The Morgan fingerprint density at radius 2 is 2.05 bits per heavy atom. The number of rotatable bonds is 7. The maximum atomic E-state index is 12.0. The molecule has 21 heavy (non-hydrogen) atoms. The van der Waals surface area contributed by atoms with Crippen molar-refractivity contribution < 1.29 is 19.4 Å². The number of amides is 2. The maximum absolute atomic E-state index is 12.0. The van der Waals surface area contributed by atoms with Crippen LogP contribution in [-0.4, -0.2) is 41.4 Å². The Bertz CT molecular complexity index is 375. The summed E-state index contributed by atoms with van der Waals surface area (Å²) in [6, 6.07) is -0.166. The van der Waals surface area contributed by atoms with Gasteiger partial charge in [-0.05, 0) is 40.0 Å². The van der Waals surface area contributed by atoms with Crippen molar-refractivity contribution in [3.05, 3.63) is 0 Å². The highest BCUT2D eigenvalue weighted by atomic mass is 16.5. The topological polar surface area (TPSA) is 87.7 Å².